The summed E-state index contributed by atoms with van der Waals surface area (Å²) in [6.45, 7) is 12.9. The van der Waals surface area contributed by atoms with E-state index >= 15 is 0 Å². The third-order valence-electron chi connectivity index (χ3n) is 2.07. The van der Waals surface area contributed by atoms with Crippen LogP contribution in [-0.4, -0.2) is 10.3 Å². The topological polar surface area (TPSA) is 0 Å². The molecular formula is C10H19PS. The van der Waals surface area contributed by atoms with Crippen LogP contribution in [0.4, 0.5) is 0 Å². The maximum absolute atomic E-state index is 5.65. The number of hydrogen-bond acceptors (Lipinski definition) is 1. The summed E-state index contributed by atoms with van der Waals surface area (Å²) in [5.74, 6) is 0. The van der Waals surface area contributed by atoms with Gasteiger partial charge in [-0.1, -0.05) is 59.0 Å². The van der Waals surface area contributed by atoms with Gasteiger partial charge < -0.3 is 0 Å². The highest BCUT2D eigenvalue weighted by molar-refractivity contribution is 8.18. The van der Waals surface area contributed by atoms with Gasteiger partial charge in [0, 0.05) is 16.3 Å². The third kappa shape index (κ3) is 1.93. The van der Waals surface area contributed by atoms with Gasteiger partial charge in [0.1, 0.15) is 0 Å². The minimum Gasteiger partial charge on any atom is -0.115 e. The highest BCUT2D eigenvalue weighted by Gasteiger charge is 2.40. The standard InChI is InChI=1S/C10H19PS/c1-8-11(12,9(2,3)4)10(5,6)7/h1H,2-7H3. The van der Waals surface area contributed by atoms with Crippen molar-refractivity contribution in [3.05, 3.63) is 0 Å². The first-order valence-corrected chi connectivity index (χ1v) is 6.94. The van der Waals surface area contributed by atoms with Crippen molar-refractivity contribution < 1.29 is 0 Å². The van der Waals surface area contributed by atoms with Crippen LogP contribution in [0.2, 0.25) is 0 Å². The Morgan fingerprint density at radius 2 is 1.25 bits per heavy atom. The maximum Gasteiger partial charge on any atom is 0.0334 e. The van der Waals surface area contributed by atoms with Gasteiger partial charge in [-0.25, -0.2) is 0 Å². The highest BCUT2D eigenvalue weighted by atomic mass is 32.4. The van der Waals surface area contributed by atoms with Gasteiger partial charge in [-0.15, -0.1) is 6.42 Å². The van der Waals surface area contributed by atoms with Crippen molar-refractivity contribution in [3.63, 3.8) is 0 Å². The lowest BCUT2D eigenvalue weighted by molar-refractivity contribution is 0.713. The molecule has 0 rings (SSSR count). The van der Waals surface area contributed by atoms with Crippen LogP contribution < -0.4 is 0 Å². The van der Waals surface area contributed by atoms with E-state index in [-0.39, 0.29) is 10.3 Å². The lowest BCUT2D eigenvalue weighted by atomic mass is 10.2. The van der Waals surface area contributed by atoms with Crippen molar-refractivity contribution in [2.45, 2.75) is 51.9 Å². The summed E-state index contributed by atoms with van der Waals surface area (Å²) in [5, 5.41) is 0.157. The molecule has 0 aliphatic carbocycles. The molecule has 0 aromatic rings. The second-order valence-corrected chi connectivity index (χ2v) is 10.9. The minimum atomic E-state index is -1.71. The Bertz CT molecular complexity index is 226. The molecule has 2 heteroatoms. The average Bonchev–Trinajstić information content (AvgIpc) is 1.81. The van der Waals surface area contributed by atoms with E-state index in [0.29, 0.717) is 0 Å². The zero-order valence-electron chi connectivity index (χ0n) is 8.93. The molecule has 0 aliphatic heterocycles. The smallest absolute Gasteiger partial charge is 0.0334 e. The summed E-state index contributed by atoms with van der Waals surface area (Å²) in [6.07, 6.45) is 5.57. The monoisotopic (exact) mass is 202 g/mol. The largest absolute Gasteiger partial charge is 0.115 e. The molecule has 0 amide bonds. The molecule has 0 unspecified atom stereocenters. The van der Waals surface area contributed by atoms with Crippen LogP contribution in [0.25, 0.3) is 0 Å². The molecule has 0 saturated carbocycles. The van der Waals surface area contributed by atoms with Crippen molar-refractivity contribution in [2.24, 2.45) is 0 Å². The van der Waals surface area contributed by atoms with Crippen molar-refractivity contribution in [3.8, 4) is 12.1 Å². The van der Waals surface area contributed by atoms with Crippen molar-refractivity contribution in [1.29, 1.82) is 0 Å². The summed E-state index contributed by atoms with van der Waals surface area (Å²) in [7, 11) is 0. The van der Waals surface area contributed by atoms with Gasteiger partial charge in [-0.05, 0) is 0 Å². The summed E-state index contributed by atoms with van der Waals surface area (Å²) in [4.78, 5) is 0. The Labute approximate surface area is 82.1 Å². The van der Waals surface area contributed by atoms with E-state index in [1.54, 1.807) is 0 Å². The van der Waals surface area contributed by atoms with Crippen LogP contribution >= 0.6 is 6.04 Å². The predicted molar refractivity (Wildman–Crippen MR) is 62.6 cm³/mol. The molecule has 0 atom stereocenters. The average molecular weight is 202 g/mol. The molecule has 0 radical (unpaired) electrons. The molecule has 0 N–H and O–H groups in total. The summed E-state index contributed by atoms with van der Waals surface area (Å²) < 4.78 is 0. The van der Waals surface area contributed by atoms with Crippen LogP contribution in [0.15, 0.2) is 0 Å². The molecule has 0 aromatic carbocycles. The van der Waals surface area contributed by atoms with E-state index in [4.69, 9.17) is 18.2 Å². The van der Waals surface area contributed by atoms with Gasteiger partial charge in [-0.2, -0.15) is 0 Å². The lowest BCUT2D eigenvalue weighted by Gasteiger charge is -2.40. The zero-order valence-corrected chi connectivity index (χ0v) is 10.6. The molecule has 0 spiro atoms. The van der Waals surface area contributed by atoms with E-state index < -0.39 is 6.04 Å². The first kappa shape index (κ1) is 12.2. The van der Waals surface area contributed by atoms with Gasteiger partial charge in [-0.3, -0.25) is 0 Å². The van der Waals surface area contributed by atoms with Gasteiger partial charge in [0.15, 0.2) is 0 Å². The zero-order chi connectivity index (χ0) is 10.2. The molecule has 0 bridgehead atoms. The van der Waals surface area contributed by atoms with Crippen LogP contribution in [0.3, 0.4) is 0 Å². The first-order chi connectivity index (χ1) is 5.06. The summed E-state index contributed by atoms with van der Waals surface area (Å²) in [6, 6.07) is -1.71. The Morgan fingerprint density at radius 1 is 1.00 bits per heavy atom. The lowest BCUT2D eigenvalue weighted by Crippen LogP contribution is -2.27. The van der Waals surface area contributed by atoms with E-state index in [1.807, 2.05) is 0 Å². The second-order valence-electron chi connectivity index (χ2n) is 5.08. The Morgan fingerprint density at radius 3 is 1.25 bits per heavy atom. The molecule has 0 nitrogen and oxygen atoms in total. The molecule has 70 valence electrons. The number of rotatable bonds is 0. The fourth-order valence-corrected chi connectivity index (χ4v) is 4.18. The highest BCUT2D eigenvalue weighted by Crippen LogP contribution is 2.66. The first-order valence-electron chi connectivity index (χ1n) is 4.14. The number of hydrogen-bond donors (Lipinski definition) is 0. The van der Waals surface area contributed by atoms with Crippen molar-refractivity contribution >= 4 is 17.8 Å². The molecule has 0 saturated heterocycles. The van der Waals surface area contributed by atoms with Crippen LogP contribution in [0.1, 0.15) is 41.5 Å². The Hall–Kier alpha value is 0.210. The molecule has 0 fully saturated rings. The number of terminal acetylenes is 1. The SMILES string of the molecule is C#CP(=S)(C(C)(C)C)C(C)(C)C. The summed E-state index contributed by atoms with van der Waals surface area (Å²) in [5.41, 5.74) is 2.88. The van der Waals surface area contributed by atoms with Crippen LogP contribution in [0, 0.1) is 12.1 Å². The van der Waals surface area contributed by atoms with E-state index in [1.165, 1.54) is 0 Å². The third-order valence-corrected chi connectivity index (χ3v) is 9.82. The predicted octanol–water partition coefficient (Wildman–Crippen LogP) is 3.65. The molecular weight excluding hydrogens is 183 g/mol. The molecule has 0 aliphatic rings. The Kier molecular flexibility index (Phi) is 3.22. The fraction of sp³-hybridized carbons (Fsp3) is 0.800. The quantitative estimate of drug-likeness (QED) is 0.427. The second kappa shape index (κ2) is 3.17. The van der Waals surface area contributed by atoms with Gasteiger partial charge in [0.05, 0.1) is 0 Å². The molecule has 12 heavy (non-hydrogen) atoms. The van der Waals surface area contributed by atoms with E-state index in [9.17, 15) is 0 Å². The Balaban J connectivity index is 5.31. The maximum atomic E-state index is 5.65. The van der Waals surface area contributed by atoms with E-state index in [0.717, 1.165) is 0 Å². The van der Waals surface area contributed by atoms with Gasteiger partial charge in [0.2, 0.25) is 0 Å². The van der Waals surface area contributed by atoms with Crippen LogP contribution in [0.5, 0.6) is 0 Å². The van der Waals surface area contributed by atoms with Crippen LogP contribution in [-0.2, 0) is 11.8 Å². The van der Waals surface area contributed by atoms with Gasteiger partial charge >= 0.3 is 0 Å². The van der Waals surface area contributed by atoms with E-state index in [2.05, 4.69) is 47.2 Å². The molecule has 0 heterocycles. The minimum absolute atomic E-state index is 0.0787. The van der Waals surface area contributed by atoms with Crippen molar-refractivity contribution in [2.75, 3.05) is 0 Å². The normalized spacial score (nSPS) is 14.1. The summed E-state index contributed by atoms with van der Waals surface area (Å²) >= 11 is 5.65. The van der Waals surface area contributed by atoms with Crippen molar-refractivity contribution in [1.82, 2.24) is 0 Å². The molecule has 0 aromatic heterocycles. The fourth-order valence-electron chi connectivity index (χ4n) is 1.39. The van der Waals surface area contributed by atoms with Gasteiger partial charge in [0.25, 0.3) is 0 Å².